The number of Topliss-reactive ketones (excluding diaryl/α,β-unsaturated/α-hetero) is 2. The predicted molar refractivity (Wildman–Crippen MR) is 52.6 cm³/mol. The first-order chi connectivity index (χ1) is 6.29. The van der Waals surface area contributed by atoms with E-state index < -0.39 is 0 Å². The van der Waals surface area contributed by atoms with E-state index in [1.165, 1.54) is 6.92 Å². The Balaban J connectivity index is 4.49. The van der Waals surface area contributed by atoms with Gasteiger partial charge in [-0.1, -0.05) is 0 Å². The Kier molecular flexibility index (Phi) is 5.81. The molecular weight excluding hydrogens is 293 g/mol. The average molecular weight is 312 g/mol. The van der Waals surface area contributed by atoms with Crippen LogP contribution in [-0.2, 0) is 9.59 Å². The molecule has 0 rings (SSSR count). The number of ketones is 2. The van der Waals surface area contributed by atoms with E-state index in [9.17, 15) is 9.59 Å². The van der Waals surface area contributed by atoms with Crippen molar-refractivity contribution in [1.29, 1.82) is 0 Å². The molecule has 84 valence electrons. The summed E-state index contributed by atoms with van der Waals surface area (Å²) in [6.07, 6.45) is 0.323. The fourth-order valence-electron chi connectivity index (χ4n) is 1.12. The summed E-state index contributed by atoms with van der Waals surface area (Å²) in [6, 6.07) is -0.273. The molecule has 3 nitrogen and oxygen atoms in total. The number of hydrogen-bond acceptors (Lipinski definition) is 3. The monoisotopic (exact) mass is 312 g/mol. The van der Waals surface area contributed by atoms with Crippen LogP contribution in [0.4, 0.5) is 0 Å². The van der Waals surface area contributed by atoms with Crippen LogP contribution >= 0.6 is 0 Å². The molecule has 0 aliphatic carbocycles. The molecule has 1 atom stereocenters. The quantitative estimate of drug-likeness (QED) is 0.369. The zero-order valence-corrected chi connectivity index (χ0v) is 11.6. The van der Waals surface area contributed by atoms with Crippen molar-refractivity contribution in [2.75, 3.05) is 4.93 Å². The van der Waals surface area contributed by atoms with Crippen LogP contribution in [0, 0.1) is 5.41 Å². The third-order valence-electron chi connectivity index (χ3n) is 1.79. The molecule has 0 amide bonds. The van der Waals surface area contributed by atoms with E-state index in [0.29, 0.717) is 6.42 Å². The Morgan fingerprint density at radius 1 is 1.36 bits per heavy atom. The summed E-state index contributed by atoms with van der Waals surface area (Å²) < 4.78 is 3.16. The van der Waals surface area contributed by atoms with Crippen molar-refractivity contribution >= 4 is 11.6 Å². The SMILES string of the molecule is C[I-]NC(CC(C)=O)C(=O)C(C)(C)C. The van der Waals surface area contributed by atoms with Crippen molar-refractivity contribution in [1.82, 2.24) is 3.53 Å². The second-order valence-corrected chi connectivity index (χ2v) is 6.07. The fraction of sp³-hybridized carbons (Fsp3) is 0.800. The number of carbonyl (C=O) groups is 2. The minimum atomic E-state index is -0.369. The topological polar surface area (TPSA) is 46.2 Å². The number of carbonyl (C=O) groups excluding carboxylic acids is 2. The third kappa shape index (κ3) is 5.05. The molecule has 0 aliphatic rings. The van der Waals surface area contributed by atoms with Gasteiger partial charge in [0, 0.05) is 0 Å². The van der Waals surface area contributed by atoms with E-state index in [1.807, 2.05) is 25.7 Å². The fourth-order valence-corrected chi connectivity index (χ4v) is 2.38. The van der Waals surface area contributed by atoms with Crippen molar-refractivity contribution < 1.29 is 31.1 Å². The molecule has 14 heavy (non-hydrogen) atoms. The zero-order valence-electron chi connectivity index (χ0n) is 9.48. The van der Waals surface area contributed by atoms with Crippen molar-refractivity contribution in [3.8, 4) is 0 Å². The van der Waals surface area contributed by atoms with Gasteiger partial charge < -0.3 is 0 Å². The van der Waals surface area contributed by atoms with Crippen LogP contribution in [0.25, 0.3) is 0 Å². The summed E-state index contributed by atoms with van der Waals surface area (Å²) in [6.45, 7) is 7.19. The van der Waals surface area contributed by atoms with Crippen LogP contribution in [0.5, 0.6) is 0 Å². The summed E-state index contributed by atoms with van der Waals surface area (Å²) in [7, 11) is 0. The van der Waals surface area contributed by atoms with Gasteiger partial charge >= 0.3 is 96.7 Å². The van der Waals surface area contributed by atoms with E-state index in [4.69, 9.17) is 0 Å². The van der Waals surface area contributed by atoms with E-state index >= 15 is 0 Å². The Morgan fingerprint density at radius 3 is 2.14 bits per heavy atom. The van der Waals surface area contributed by atoms with Gasteiger partial charge in [0.2, 0.25) is 0 Å². The molecule has 1 N–H and O–H groups in total. The minimum absolute atomic E-state index is 0.0672. The number of rotatable bonds is 5. The first-order valence-corrected chi connectivity index (χ1v) is 7.80. The van der Waals surface area contributed by atoms with Gasteiger partial charge in [-0.05, 0) is 0 Å². The zero-order chi connectivity index (χ0) is 11.4. The third-order valence-corrected chi connectivity index (χ3v) is 3.16. The van der Waals surface area contributed by atoms with Gasteiger partial charge in [0.1, 0.15) is 0 Å². The van der Waals surface area contributed by atoms with Gasteiger partial charge in [0.05, 0.1) is 0 Å². The standard InChI is InChI=1S/C10H19INO2/c1-7(13)6-8(12-11-5)9(14)10(2,3)4/h8,12H,6H2,1-5H3/q-1. The van der Waals surface area contributed by atoms with E-state index in [-0.39, 0.29) is 44.5 Å². The summed E-state index contributed by atoms with van der Waals surface area (Å²) in [5, 5.41) is 0. The maximum atomic E-state index is 11.9. The Bertz CT molecular complexity index is 221. The van der Waals surface area contributed by atoms with Crippen LogP contribution in [0.1, 0.15) is 34.1 Å². The van der Waals surface area contributed by atoms with Crippen LogP contribution in [0.2, 0.25) is 0 Å². The van der Waals surface area contributed by atoms with Crippen LogP contribution in [0.3, 0.4) is 0 Å². The van der Waals surface area contributed by atoms with Crippen molar-refractivity contribution in [2.24, 2.45) is 5.41 Å². The van der Waals surface area contributed by atoms with Crippen LogP contribution in [0.15, 0.2) is 0 Å². The molecule has 0 saturated carbocycles. The van der Waals surface area contributed by atoms with Gasteiger partial charge in [0.15, 0.2) is 0 Å². The van der Waals surface area contributed by atoms with Crippen molar-refractivity contribution in [3.05, 3.63) is 0 Å². The molecule has 0 aromatic carbocycles. The van der Waals surface area contributed by atoms with E-state index in [2.05, 4.69) is 3.53 Å². The number of nitrogens with one attached hydrogen (secondary N) is 1. The van der Waals surface area contributed by atoms with Gasteiger partial charge in [-0.2, -0.15) is 0 Å². The van der Waals surface area contributed by atoms with Gasteiger partial charge in [-0.25, -0.2) is 0 Å². The molecular formula is C10H19INO2-. The van der Waals surface area contributed by atoms with Crippen LogP contribution in [-0.4, -0.2) is 22.5 Å². The predicted octanol–water partition coefficient (Wildman–Crippen LogP) is -1.83. The van der Waals surface area contributed by atoms with Gasteiger partial charge in [-0.3, -0.25) is 0 Å². The summed E-state index contributed by atoms with van der Waals surface area (Å²) in [5.41, 5.74) is -0.369. The second-order valence-electron chi connectivity index (χ2n) is 4.37. The molecule has 0 heterocycles. The molecule has 0 fully saturated rings. The molecule has 0 aromatic heterocycles. The Morgan fingerprint density at radius 2 is 1.86 bits per heavy atom. The average Bonchev–Trinajstić information content (AvgIpc) is 2.00. The van der Waals surface area contributed by atoms with Crippen molar-refractivity contribution in [2.45, 2.75) is 40.2 Å². The molecule has 4 heteroatoms. The molecule has 0 aliphatic heterocycles. The number of hydrogen-bond donors (Lipinski definition) is 1. The molecule has 1 unspecified atom stereocenters. The summed E-state index contributed by atoms with van der Waals surface area (Å²) in [4.78, 5) is 24.9. The Labute approximate surface area is 96.6 Å². The molecule has 0 radical (unpaired) electrons. The van der Waals surface area contributed by atoms with Crippen LogP contribution < -0.4 is 25.0 Å². The first kappa shape index (κ1) is 14.0. The summed E-state index contributed by atoms with van der Waals surface area (Å²) >= 11 is -0.170. The first-order valence-electron chi connectivity index (χ1n) is 4.56. The van der Waals surface area contributed by atoms with E-state index in [0.717, 1.165) is 0 Å². The molecule has 0 saturated heterocycles. The number of alkyl halides is 1. The molecule has 0 spiro atoms. The molecule has 0 bridgehead atoms. The number of halogens is 1. The second kappa shape index (κ2) is 5.80. The molecule has 0 aromatic rings. The van der Waals surface area contributed by atoms with Gasteiger partial charge in [-0.15, -0.1) is 0 Å². The Hall–Kier alpha value is 0.0300. The van der Waals surface area contributed by atoms with E-state index in [1.54, 1.807) is 0 Å². The van der Waals surface area contributed by atoms with Gasteiger partial charge in [0.25, 0.3) is 0 Å². The summed E-state index contributed by atoms with van der Waals surface area (Å²) in [5.74, 6) is 0.201. The maximum absolute atomic E-state index is 11.9. The normalized spacial score (nSPS) is 14.1. The van der Waals surface area contributed by atoms with Crippen molar-refractivity contribution in [3.63, 3.8) is 0 Å².